The van der Waals surface area contributed by atoms with Gasteiger partial charge in [-0.25, -0.2) is 0 Å². The van der Waals surface area contributed by atoms with E-state index < -0.39 is 12.2 Å². The summed E-state index contributed by atoms with van der Waals surface area (Å²) >= 11 is 0. The Morgan fingerprint density at radius 2 is 1.78 bits per heavy atom. The first kappa shape index (κ1) is 17.3. The van der Waals surface area contributed by atoms with Crippen molar-refractivity contribution in [2.75, 3.05) is 16.8 Å². The summed E-state index contributed by atoms with van der Waals surface area (Å²) in [5.74, 6) is -0.557. The molecule has 0 spiro atoms. The van der Waals surface area contributed by atoms with E-state index in [9.17, 15) is 18.4 Å². The molecule has 0 aliphatic carbocycles. The molecule has 27 heavy (non-hydrogen) atoms. The van der Waals surface area contributed by atoms with Gasteiger partial charge in [0.05, 0.1) is 0 Å². The lowest BCUT2D eigenvalue weighted by Gasteiger charge is -2.26. The van der Waals surface area contributed by atoms with Crippen molar-refractivity contribution < 1.29 is 27.8 Å². The summed E-state index contributed by atoms with van der Waals surface area (Å²) in [5.41, 5.74) is 1.43. The van der Waals surface area contributed by atoms with Crippen LogP contribution in [0.15, 0.2) is 42.5 Å². The molecule has 0 aromatic heterocycles. The highest BCUT2D eigenvalue weighted by molar-refractivity contribution is 6.05. The van der Waals surface area contributed by atoms with Crippen molar-refractivity contribution >= 4 is 23.2 Å². The van der Waals surface area contributed by atoms with Crippen molar-refractivity contribution in [2.24, 2.45) is 0 Å². The second-order valence-corrected chi connectivity index (χ2v) is 6.33. The van der Waals surface area contributed by atoms with Gasteiger partial charge in [-0.05, 0) is 49.2 Å². The molecule has 0 bridgehead atoms. The maximum atomic E-state index is 13.1. The third kappa shape index (κ3) is 3.55. The van der Waals surface area contributed by atoms with Crippen molar-refractivity contribution in [1.82, 2.24) is 0 Å². The summed E-state index contributed by atoms with van der Waals surface area (Å²) in [6, 6.07) is 10.7. The predicted molar refractivity (Wildman–Crippen MR) is 93.2 cm³/mol. The lowest BCUT2D eigenvalue weighted by molar-refractivity contribution is -0.286. The molecule has 2 amide bonds. The van der Waals surface area contributed by atoms with Crippen molar-refractivity contribution in [1.29, 1.82) is 0 Å². The van der Waals surface area contributed by atoms with Crippen LogP contribution in [0.25, 0.3) is 0 Å². The second-order valence-electron chi connectivity index (χ2n) is 6.33. The Morgan fingerprint density at radius 1 is 1.04 bits per heavy atom. The van der Waals surface area contributed by atoms with Gasteiger partial charge in [-0.15, -0.1) is 8.78 Å². The number of halogens is 2. The van der Waals surface area contributed by atoms with Crippen molar-refractivity contribution in [3.8, 4) is 11.5 Å². The number of nitrogens with one attached hydrogen (secondary N) is 1. The summed E-state index contributed by atoms with van der Waals surface area (Å²) in [7, 11) is 0. The highest BCUT2D eigenvalue weighted by atomic mass is 19.3. The Hall–Kier alpha value is -3.16. The van der Waals surface area contributed by atoms with E-state index in [1.807, 2.05) is 0 Å². The maximum Gasteiger partial charge on any atom is 0.586 e. The lowest BCUT2D eigenvalue weighted by Crippen LogP contribution is -2.35. The second kappa shape index (κ2) is 6.53. The molecule has 1 saturated heterocycles. The minimum Gasteiger partial charge on any atom is -0.395 e. The van der Waals surface area contributed by atoms with Gasteiger partial charge in [0.2, 0.25) is 5.91 Å². The van der Waals surface area contributed by atoms with Crippen LogP contribution in [-0.4, -0.2) is 24.7 Å². The molecule has 4 rings (SSSR count). The van der Waals surface area contributed by atoms with E-state index in [2.05, 4.69) is 14.8 Å². The molecule has 2 aliphatic rings. The number of amides is 2. The van der Waals surface area contributed by atoms with Crippen molar-refractivity contribution in [2.45, 2.75) is 25.6 Å². The average Bonchev–Trinajstić information content (AvgIpc) is 2.95. The number of piperidine rings is 1. The van der Waals surface area contributed by atoms with E-state index in [1.54, 1.807) is 29.2 Å². The maximum absolute atomic E-state index is 13.1. The first-order valence-electron chi connectivity index (χ1n) is 8.53. The van der Waals surface area contributed by atoms with Crippen LogP contribution < -0.4 is 19.7 Å². The summed E-state index contributed by atoms with van der Waals surface area (Å²) in [4.78, 5) is 26.1. The lowest BCUT2D eigenvalue weighted by atomic mass is 10.1. The van der Waals surface area contributed by atoms with Crippen LogP contribution in [0.4, 0.5) is 20.2 Å². The molecule has 2 aliphatic heterocycles. The molecule has 1 fully saturated rings. The molecule has 0 saturated carbocycles. The minimum absolute atomic E-state index is 0.0793. The number of carbonyl (C=O) groups is 2. The highest BCUT2D eigenvalue weighted by Crippen LogP contribution is 2.42. The fraction of sp³-hybridized carbons (Fsp3) is 0.263. The molecule has 2 heterocycles. The van der Waals surface area contributed by atoms with Crippen LogP contribution in [0.2, 0.25) is 0 Å². The molecule has 2 aromatic carbocycles. The monoisotopic (exact) mass is 374 g/mol. The van der Waals surface area contributed by atoms with Crippen molar-refractivity contribution in [3.63, 3.8) is 0 Å². The summed E-state index contributed by atoms with van der Waals surface area (Å²) in [6.07, 6.45) is -1.31. The van der Waals surface area contributed by atoms with Crippen LogP contribution in [0, 0.1) is 0 Å². The Labute approximate surface area is 153 Å². The fourth-order valence-electron chi connectivity index (χ4n) is 3.10. The van der Waals surface area contributed by atoms with E-state index in [0.29, 0.717) is 24.2 Å². The van der Waals surface area contributed by atoms with Gasteiger partial charge in [-0.2, -0.15) is 0 Å². The normalized spacial score (nSPS) is 17.7. The average molecular weight is 374 g/mol. The van der Waals surface area contributed by atoms with Crippen molar-refractivity contribution in [3.05, 3.63) is 48.0 Å². The Morgan fingerprint density at radius 3 is 2.52 bits per heavy atom. The van der Waals surface area contributed by atoms with Gasteiger partial charge in [-0.3, -0.25) is 9.59 Å². The van der Waals surface area contributed by atoms with E-state index in [-0.39, 0.29) is 17.4 Å². The molecule has 2 aromatic rings. The highest BCUT2D eigenvalue weighted by Gasteiger charge is 2.43. The van der Waals surface area contributed by atoms with Crippen LogP contribution in [0.3, 0.4) is 0 Å². The molecule has 0 radical (unpaired) electrons. The Bertz CT molecular complexity index is 899. The van der Waals surface area contributed by atoms with Gasteiger partial charge in [0.25, 0.3) is 5.91 Å². The molecule has 1 N–H and O–H groups in total. The number of hydrogen-bond acceptors (Lipinski definition) is 4. The van der Waals surface area contributed by atoms with Crippen LogP contribution in [-0.2, 0) is 4.79 Å². The van der Waals surface area contributed by atoms with Gasteiger partial charge >= 0.3 is 6.29 Å². The zero-order chi connectivity index (χ0) is 19.0. The first-order chi connectivity index (χ1) is 12.9. The number of benzene rings is 2. The first-order valence-corrected chi connectivity index (χ1v) is 8.53. The van der Waals surface area contributed by atoms with E-state index >= 15 is 0 Å². The smallest absolute Gasteiger partial charge is 0.395 e. The number of rotatable bonds is 3. The zero-order valence-electron chi connectivity index (χ0n) is 14.2. The van der Waals surface area contributed by atoms with E-state index in [1.165, 1.54) is 18.2 Å². The molecule has 8 heteroatoms. The number of nitrogens with zero attached hydrogens (tertiary/aromatic N) is 1. The topological polar surface area (TPSA) is 67.9 Å². The number of alkyl halides is 2. The molecule has 140 valence electrons. The van der Waals surface area contributed by atoms with Gasteiger partial charge in [0, 0.05) is 36.0 Å². The Balaban J connectivity index is 1.45. The number of hydrogen-bond donors (Lipinski definition) is 1. The standard InChI is InChI=1S/C19H16F2N2O4/c20-19(21)26-15-9-6-13(11-16(15)27-19)22-18(25)12-4-7-14(8-5-12)23-10-2-1-3-17(23)24/h4-9,11H,1-3,10H2,(H,22,25). The largest absolute Gasteiger partial charge is 0.586 e. The van der Waals surface area contributed by atoms with Gasteiger partial charge < -0.3 is 19.7 Å². The third-order valence-electron chi connectivity index (χ3n) is 4.42. The SMILES string of the molecule is O=C(Nc1ccc2c(c1)OC(F)(F)O2)c1ccc(N2CCCCC2=O)cc1. The zero-order valence-corrected chi connectivity index (χ0v) is 14.2. The summed E-state index contributed by atoms with van der Waals surface area (Å²) in [6.45, 7) is 0.673. The number of anilines is 2. The molecular formula is C19H16F2N2O4. The number of fused-ring (bicyclic) bond motifs is 1. The number of carbonyl (C=O) groups excluding carboxylic acids is 2. The van der Waals surface area contributed by atoms with Gasteiger partial charge in [0.15, 0.2) is 11.5 Å². The number of ether oxygens (including phenoxy) is 2. The predicted octanol–water partition coefficient (Wildman–Crippen LogP) is 3.78. The van der Waals surface area contributed by atoms with Gasteiger partial charge in [0.1, 0.15) is 0 Å². The van der Waals surface area contributed by atoms with Crippen LogP contribution in [0.5, 0.6) is 11.5 Å². The minimum atomic E-state index is -3.70. The Kier molecular flexibility index (Phi) is 4.18. The summed E-state index contributed by atoms with van der Waals surface area (Å²) in [5, 5.41) is 2.62. The molecule has 6 nitrogen and oxygen atoms in total. The van der Waals surface area contributed by atoms with Crippen LogP contribution in [0.1, 0.15) is 29.6 Å². The third-order valence-corrected chi connectivity index (χ3v) is 4.42. The van der Waals surface area contributed by atoms with E-state index in [0.717, 1.165) is 18.5 Å². The molecule has 0 atom stereocenters. The van der Waals surface area contributed by atoms with Gasteiger partial charge in [-0.1, -0.05) is 0 Å². The van der Waals surface area contributed by atoms with Crippen LogP contribution >= 0.6 is 0 Å². The fourth-order valence-corrected chi connectivity index (χ4v) is 3.10. The van der Waals surface area contributed by atoms with E-state index in [4.69, 9.17) is 0 Å². The quantitative estimate of drug-likeness (QED) is 0.888. The summed E-state index contributed by atoms with van der Waals surface area (Å²) < 4.78 is 34.8. The molecular weight excluding hydrogens is 358 g/mol. The molecule has 0 unspecified atom stereocenters.